The summed E-state index contributed by atoms with van der Waals surface area (Å²) in [7, 11) is 0. The zero-order chi connectivity index (χ0) is 22.5. The summed E-state index contributed by atoms with van der Waals surface area (Å²) < 4.78 is 52.8. The molecule has 1 saturated carbocycles. The molecule has 1 aliphatic rings. The van der Waals surface area contributed by atoms with Crippen LogP contribution in [0.5, 0.6) is 0 Å². The van der Waals surface area contributed by atoms with Crippen LogP contribution in [0.15, 0.2) is 48.7 Å². The van der Waals surface area contributed by atoms with E-state index >= 15 is 0 Å². The lowest BCUT2D eigenvalue weighted by atomic mass is 9.73. The Morgan fingerprint density at radius 3 is 2.47 bits per heavy atom. The van der Waals surface area contributed by atoms with Crippen LogP contribution < -0.4 is 0 Å². The number of nitrogens with one attached hydrogen (secondary N) is 1. The van der Waals surface area contributed by atoms with Gasteiger partial charge in [-0.3, -0.25) is 4.98 Å². The molecular weight excluding hydrogens is 418 g/mol. The molecule has 0 amide bonds. The standard InChI is InChI=1S/C25H23F4N3/c1-14(24-31-22-8-6-17(25(27,28)29)12-23(22)32-24)15-2-4-16(5-3-15)19-10-11-30-21-9-7-18(26)13-20(19)21/h6-16H,2-5H2,1H3,(H,31,32)/t14?,15-,16+. The molecule has 0 aliphatic heterocycles. The second kappa shape index (κ2) is 7.87. The number of hydrogen-bond acceptors (Lipinski definition) is 2. The molecule has 32 heavy (non-hydrogen) atoms. The highest BCUT2D eigenvalue weighted by Gasteiger charge is 2.32. The maximum atomic E-state index is 13.8. The van der Waals surface area contributed by atoms with Crippen molar-refractivity contribution in [1.29, 1.82) is 0 Å². The average molecular weight is 441 g/mol. The van der Waals surface area contributed by atoms with Gasteiger partial charge in [0.05, 0.1) is 22.1 Å². The van der Waals surface area contributed by atoms with E-state index in [9.17, 15) is 17.6 Å². The van der Waals surface area contributed by atoms with Crippen molar-refractivity contribution in [2.75, 3.05) is 0 Å². The van der Waals surface area contributed by atoms with Gasteiger partial charge in [0.1, 0.15) is 11.6 Å². The van der Waals surface area contributed by atoms with Crippen LogP contribution >= 0.6 is 0 Å². The van der Waals surface area contributed by atoms with Crippen LogP contribution in [0.2, 0.25) is 0 Å². The molecule has 1 N–H and O–H groups in total. The third-order valence-corrected chi connectivity index (χ3v) is 6.91. The SMILES string of the molecule is CC(c1nc2ccc(C(F)(F)F)cc2[nH]1)[C@H]1CC[C@@H](c2ccnc3ccc(F)cc32)CC1. The summed E-state index contributed by atoms with van der Waals surface area (Å²) in [5, 5.41) is 0.877. The zero-order valence-corrected chi connectivity index (χ0v) is 17.6. The summed E-state index contributed by atoms with van der Waals surface area (Å²) in [6.07, 6.45) is 1.33. The van der Waals surface area contributed by atoms with Gasteiger partial charge in [-0.15, -0.1) is 0 Å². The van der Waals surface area contributed by atoms with E-state index in [4.69, 9.17) is 0 Å². The maximum Gasteiger partial charge on any atom is 0.416 e. The Kier molecular flexibility index (Phi) is 5.14. The molecule has 2 heterocycles. The molecule has 1 fully saturated rings. The van der Waals surface area contributed by atoms with Crippen LogP contribution in [0, 0.1) is 11.7 Å². The van der Waals surface area contributed by atoms with Crippen LogP contribution in [-0.2, 0) is 6.18 Å². The predicted molar refractivity (Wildman–Crippen MR) is 116 cm³/mol. The Bertz CT molecular complexity index is 1270. The predicted octanol–water partition coefficient (Wildman–Crippen LogP) is 7.35. The summed E-state index contributed by atoms with van der Waals surface area (Å²) in [5.74, 6) is 1.32. The number of imidazole rings is 1. The Balaban J connectivity index is 1.33. The molecule has 166 valence electrons. The number of pyridine rings is 1. The minimum absolute atomic E-state index is 0.115. The Morgan fingerprint density at radius 1 is 0.969 bits per heavy atom. The second-order valence-corrected chi connectivity index (χ2v) is 8.81. The van der Waals surface area contributed by atoms with E-state index in [1.807, 2.05) is 6.07 Å². The number of halogens is 4. The molecule has 1 unspecified atom stereocenters. The molecule has 0 radical (unpaired) electrons. The van der Waals surface area contributed by atoms with Crippen molar-refractivity contribution >= 4 is 21.9 Å². The molecule has 0 bridgehead atoms. The largest absolute Gasteiger partial charge is 0.416 e. The lowest BCUT2D eigenvalue weighted by Gasteiger charge is -2.32. The number of nitrogens with zero attached hydrogens (tertiary/aromatic N) is 2. The number of aromatic amines is 1. The molecule has 7 heteroatoms. The van der Waals surface area contributed by atoms with E-state index in [0.717, 1.165) is 60.1 Å². The number of alkyl halides is 3. The van der Waals surface area contributed by atoms with Crippen molar-refractivity contribution in [3.63, 3.8) is 0 Å². The summed E-state index contributed by atoms with van der Waals surface area (Å²) in [6, 6.07) is 10.3. The lowest BCUT2D eigenvalue weighted by Crippen LogP contribution is -2.19. The first-order chi connectivity index (χ1) is 15.3. The van der Waals surface area contributed by atoms with E-state index in [1.165, 1.54) is 12.1 Å². The van der Waals surface area contributed by atoms with Crippen LogP contribution in [0.1, 0.15) is 61.4 Å². The van der Waals surface area contributed by atoms with Crippen molar-refractivity contribution in [1.82, 2.24) is 15.0 Å². The van der Waals surface area contributed by atoms with Crippen LogP contribution in [0.4, 0.5) is 17.6 Å². The fourth-order valence-electron chi connectivity index (χ4n) is 5.07. The van der Waals surface area contributed by atoms with Gasteiger partial charge in [-0.05, 0) is 85.5 Å². The normalized spacial score (nSPS) is 20.7. The maximum absolute atomic E-state index is 13.8. The first-order valence-corrected chi connectivity index (χ1v) is 10.9. The highest BCUT2D eigenvalue weighted by atomic mass is 19.4. The minimum Gasteiger partial charge on any atom is -0.342 e. The van der Waals surface area contributed by atoms with E-state index in [1.54, 1.807) is 18.3 Å². The Labute approximate surface area is 182 Å². The van der Waals surface area contributed by atoms with Gasteiger partial charge in [-0.1, -0.05) is 6.92 Å². The Hall–Kier alpha value is -2.96. The molecule has 1 atom stereocenters. The fraction of sp³-hybridized carbons (Fsp3) is 0.360. The number of fused-ring (bicyclic) bond motifs is 2. The van der Waals surface area contributed by atoms with E-state index in [2.05, 4.69) is 21.9 Å². The molecule has 0 saturated heterocycles. The molecule has 4 aromatic rings. The van der Waals surface area contributed by atoms with Crippen LogP contribution in [0.25, 0.3) is 21.9 Å². The molecule has 5 rings (SSSR count). The average Bonchev–Trinajstić information content (AvgIpc) is 3.21. The van der Waals surface area contributed by atoms with E-state index in [0.29, 0.717) is 22.9 Å². The Morgan fingerprint density at radius 2 is 1.72 bits per heavy atom. The smallest absolute Gasteiger partial charge is 0.342 e. The van der Waals surface area contributed by atoms with Gasteiger partial charge in [0, 0.05) is 17.5 Å². The van der Waals surface area contributed by atoms with Crippen molar-refractivity contribution < 1.29 is 17.6 Å². The highest BCUT2D eigenvalue weighted by Crippen LogP contribution is 2.43. The zero-order valence-electron chi connectivity index (χ0n) is 17.6. The number of rotatable bonds is 3. The summed E-state index contributed by atoms with van der Waals surface area (Å²) in [4.78, 5) is 12.0. The third-order valence-electron chi connectivity index (χ3n) is 6.91. The quantitative estimate of drug-likeness (QED) is 0.338. The molecule has 3 nitrogen and oxygen atoms in total. The third kappa shape index (κ3) is 3.85. The van der Waals surface area contributed by atoms with Gasteiger partial charge in [0.15, 0.2) is 0 Å². The van der Waals surface area contributed by atoms with Gasteiger partial charge >= 0.3 is 6.18 Å². The number of aromatic nitrogens is 3. The first-order valence-electron chi connectivity index (χ1n) is 10.9. The molecule has 1 aliphatic carbocycles. The summed E-state index contributed by atoms with van der Waals surface area (Å²) in [6.45, 7) is 2.09. The van der Waals surface area contributed by atoms with Gasteiger partial charge < -0.3 is 4.98 Å². The molecule has 2 aromatic carbocycles. The van der Waals surface area contributed by atoms with Crippen LogP contribution in [-0.4, -0.2) is 15.0 Å². The molecular formula is C25H23F4N3. The van der Waals surface area contributed by atoms with Gasteiger partial charge in [-0.25, -0.2) is 9.37 Å². The number of benzene rings is 2. The van der Waals surface area contributed by atoms with Gasteiger partial charge in [-0.2, -0.15) is 13.2 Å². The van der Waals surface area contributed by atoms with Crippen LogP contribution in [0.3, 0.4) is 0 Å². The fourth-order valence-corrected chi connectivity index (χ4v) is 5.07. The van der Waals surface area contributed by atoms with Crippen molar-refractivity contribution in [2.24, 2.45) is 5.92 Å². The number of hydrogen-bond donors (Lipinski definition) is 1. The monoisotopic (exact) mass is 441 g/mol. The van der Waals surface area contributed by atoms with Crippen molar-refractivity contribution in [2.45, 2.75) is 50.6 Å². The summed E-state index contributed by atoms with van der Waals surface area (Å²) in [5.41, 5.74) is 2.25. The van der Waals surface area contributed by atoms with Gasteiger partial charge in [0.2, 0.25) is 0 Å². The highest BCUT2D eigenvalue weighted by molar-refractivity contribution is 5.82. The second-order valence-electron chi connectivity index (χ2n) is 8.81. The van der Waals surface area contributed by atoms with E-state index in [-0.39, 0.29) is 11.7 Å². The first kappa shape index (κ1) is 20.9. The van der Waals surface area contributed by atoms with Crippen molar-refractivity contribution in [3.05, 3.63) is 71.4 Å². The van der Waals surface area contributed by atoms with Gasteiger partial charge in [0.25, 0.3) is 0 Å². The molecule has 0 spiro atoms. The molecule has 2 aromatic heterocycles. The topological polar surface area (TPSA) is 41.6 Å². The minimum atomic E-state index is -4.37. The summed E-state index contributed by atoms with van der Waals surface area (Å²) >= 11 is 0. The van der Waals surface area contributed by atoms with E-state index < -0.39 is 11.7 Å². The van der Waals surface area contributed by atoms with Crippen molar-refractivity contribution in [3.8, 4) is 0 Å². The lowest BCUT2D eigenvalue weighted by molar-refractivity contribution is -0.137. The number of H-pyrrole nitrogens is 1.